The number of allylic oxidation sites excluding steroid dienone is 1. The number of amides is 1. The molecule has 1 aliphatic rings. The zero-order valence-electron chi connectivity index (χ0n) is 17.1. The molecule has 5 nitrogen and oxygen atoms in total. The molecule has 0 radical (unpaired) electrons. The molecule has 1 amide bonds. The fourth-order valence-electron chi connectivity index (χ4n) is 3.33. The highest BCUT2D eigenvalue weighted by atomic mass is 16.5. The largest absolute Gasteiger partial charge is 0.497 e. The Kier molecular flexibility index (Phi) is 8.79. The van der Waals surface area contributed by atoms with Gasteiger partial charge in [0.2, 0.25) is 5.91 Å². The number of nitrogens with zero attached hydrogens (tertiary/aromatic N) is 1. The van der Waals surface area contributed by atoms with Gasteiger partial charge in [-0.15, -0.1) is 0 Å². The van der Waals surface area contributed by atoms with E-state index in [9.17, 15) is 9.59 Å². The van der Waals surface area contributed by atoms with E-state index >= 15 is 0 Å². The van der Waals surface area contributed by atoms with Crippen LogP contribution in [0.2, 0.25) is 0 Å². The molecule has 0 aromatic heterocycles. The highest BCUT2D eigenvalue weighted by molar-refractivity contribution is 5.92. The molecule has 2 rings (SSSR count). The Labute approximate surface area is 168 Å². The van der Waals surface area contributed by atoms with Gasteiger partial charge in [-0.2, -0.15) is 0 Å². The Balaban J connectivity index is 2.06. The van der Waals surface area contributed by atoms with Gasteiger partial charge >= 0.3 is 5.97 Å². The molecule has 0 bridgehead atoms. The Hall–Kier alpha value is -2.56. The summed E-state index contributed by atoms with van der Waals surface area (Å²) in [5.41, 5.74) is 2.30. The van der Waals surface area contributed by atoms with Gasteiger partial charge in [0.15, 0.2) is 0 Å². The lowest BCUT2D eigenvalue weighted by atomic mass is 9.97. The van der Waals surface area contributed by atoms with Crippen molar-refractivity contribution in [3.63, 3.8) is 0 Å². The van der Waals surface area contributed by atoms with Crippen LogP contribution in [0.4, 0.5) is 0 Å². The van der Waals surface area contributed by atoms with E-state index in [1.54, 1.807) is 31.1 Å². The molecule has 1 unspecified atom stereocenters. The lowest BCUT2D eigenvalue weighted by Crippen LogP contribution is -2.37. The lowest BCUT2D eigenvalue weighted by Gasteiger charge is -2.25. The minimum Gasteiger partial charge on any atom is -0.497 e. The van der Waals surface area contributed by atoms with Crippen molar-refractivity contribution >= 4 is 18.0 Å². The molecule has 0 saturated heterocycles. The third-order valence-electron chi connectivity index (χ3n) is 5.01. The van der Waals surface area contributed by atoms with Crippen LogP contribution in [0, 0.1) is 5.92 Å². The minimum absolute atomic E-state index is 0.102. The monoisotopic (exact) mass is 385 g/mol. The maximum atomic E-state index is 12.8. The Bertz CT molecular complexity index is 723. The molecule has 28 heavy (non-hydrogen) atoms. The van der Waals surface area contributed by atoms with Gasteiger partial charge in [-0.1, -0.05) is 30.7 Å². The number of esters is 1. The number of carbonyl (C=O) groups is 2. The fourth-order valence-corrected chi connectivity index (χ4v) is 3.33. The number of benzene rings is 1. The summed E-state index contributed by atoms with van der Waals surface area (Å²) in [4.78, 5) is 26.4. The fraction of sp³-hybridized carbons (Fsp3) is 0.478. The van der Waals surface area contributed by atoms with Gasteiger partial charge in [0.25, 0.3) is 0 Å². The molecule has 1 aromatic carbocycles. The van der Waals surface area contributed by atoms with E-state index < -0.39 is 0 Å². The van der Waals surface area contributed by atoms with Crippen LogP contribution in [-0.4, -0.2) is 44.1 Å². The molecule has 0 spiro atoms. The van der Waals surface area contributed by atoms with Gasteiger partial charge in [-0.25, -0.2) is 0 Å². The standard InChI is InChI=1S/C23H31NO4/c1-18(23(26)28-3)17-24(15-14-19-8-5-4-6-9-19)22(25)13-12-20-10-7-11-21(16-20)27-2/h7-8,10-13,16,18H,4-6,9,14-15,17H2,1-3H3/b13-12+. The van der Waals surface area contributed by atoms with Crippen molar-refractivity contribution in [2.24, 2.45) is 5.92 Å². The van der Waals surface area contributed by atoms with E-state index in [2.05, 4.69) is 6.08 Å². The molecule has 0 saturated carbocycles. The number of hydrogen-bond donors (Lipinski definition) is 0. The van der Waals surface area contributed by atoms with Gasteiger partial charge in [0, 0.05) is 19.2 Å². The van der Waals surface area contributed by atoms with Gasteiger partial charge in [0.05, 0.1) is 20.1 Å². The maximum Gasteiger partial charge on any atom is 0.310 e. The first kappa shape index (κ1) is 21.7. The van der Waals surface area contributed by atoms with Crippen LogP contribution < -0.4 is 4.74 Å². The molecule has 1 aliphatic carbocycles. The molecule has 0 fully saturated rings. The number of rotatable bonds is 9. The Morgan fingerprint density at radius 1 is 1.25 bits per heavy atom. The zero-order valence-corrected chi connectivity index (χ0v) is 17.1. The van der Waals surface area contributed by atoms with E-state index in [4.69, 9.17) is 9.47 Å². The molecule has 1 atom stereocenters. The summed E-state index contributed by atoms with van der Waals surface area (Å²) in [5.74, 6) is -0.0176. The normalized spacial score (nSPS) is 15.0. The summed E-state index contributed by atoms with van der Waals surface area (Å²) >= 11 is 0. The first-order valence-corrected chi connectivity index (χ1v) is 9.90. The van der Waals surface area contributed by atoms with E-state index in [1.165, 1.54) is 25.5 Å². The predicted molar refractivity (Wildman–Crippen MR) is 111 cm³/mol. The predicted octanol–water partition coefficient (Wildman–Crippen LogP) is 4.24. The summed E-state index contributed by atoms with van der Waals surface area (Å²) in [6.45, 7) is 2.74. The molecule has 1 aromatic rings. The number of ether oxygens (including phenoxy) is 2. The lowest BCUT2D eigenvalue weighted by molar-refractivity contribution is -0.146. The summed E-state index contributed by atoms with van der Waals surface area (Å²) in [6.07, 6.45) is 11.2. The third-order valence-corrected chi connectivity index (χ3v) is 5.01. The van der Waals surface area contributed by atoms with Gasteiger partial charge in [-0.05, 0) is 55.9 Å². The number of methoxy groups -OCH3 is 2. The summed E-state index contributed by atoms with van der Waals surface area (Å²) in [5, 5.41) is 0. The smallest absolute Gasteiger partial charge is 0.310 e. The summed E-state index contributed by atoms with van der Waals surface area (Å²) in [6, 6.07) is 7.54. The minimum atomic E-state index is -0.362. The second kappa shape index (κ2) is 11.3. The van der Waals surface area contributed by atoms with Crippen molar-refractivity contribution in [1.82, 2.24) is 4.90 Å². The average Bonchev–Trinajstić information content (AvgIpc) is 2.74. The first-order valence-electron chi connectivity index (χ1n) is 9.90. The topological polar surface area (TPSA) is 55.8 Å². The van der Waals surface area contributed by atoms with Crippen molar-refractivity contribution in [3.8, 4) is 5.75 Å². The molecule has 0 N–H and O–H groups in total. The highest BCUT2D eigenvalue weighted by Gasteiger charge is 2.20. The quantitative estimate of drug-likeness (QED) is 0.362. The number of hydrogen-bond acceptors (Lipinski definition) is 4. The molecular formula is C23H31NO4. The first-order chi connectivity index (χ1) is 13.5. The second-order valence-corrected chi connectivity index (χ2v) is 7.18. The van der Waals surface area contributed by atoms with Gasteiger partial charge in [0.1, 0.15) is 5.75 Å². The second-order valence-electron chi connectivity index (χ2n) is 7.18. The Morgan fingerprint density at radius 2 is 2.07 bits per heavy atom. The average molecular weight is 386 g/mol. The SMILES string of the molecule is COC(=O)C(C)CN(CCC1=CCCCC1)C(=O)/C=C/c1cccc(OC)c1. The van der Waals surface area contributed by atoms with Crippen LogP contribution in [-0.2, 0) is 14.3 Å². The van der Waals surface area contributed by atoms with Crippen LogP contribution >= 0.6 is 0 Å². The van der Waals surface area contributed by atoms with E-state index in [1.807, 2.05) is 24.3 Å². The molecule has 0 heterocycles. The maximum absolute atomic E-state index is 12.8. The van der Waals surface area contributed by atoms with Crippen LogP contribution in [0.25, 0.3) is 6.08 Å². The molecule has 5 heteroatoms. The van der Waals surface area contributed by atoms with Crippen LogP contribution in [0.5, 0.6) is 5.75 Å². The Morgan fingerprint density at radius 3 is 2.75 bits per heavy atom. The van der Waals surface area contributed by atoms with Crippen LogP contribution in [0.1, 0.15) is 44.6 Å². The van der Waals surface area contributed by atoms with Gasteiger partial charge < -0.3 is 14.4 Å². The van der Waals surface area contributed by atoms with Crippen molar-refractivity contribution in [2.45, 2.75) is 39.0 Å². The summed E-state index contributed by atoms with van der Waals surface area (Å²) < 4.78 is 10.0. The van der Waals surface area contributed by atoms with Gasteiger partial charge in [-0.3, -0.25) is 9.59 Å². The zero-order chi connectivity index (χ0) is 20.4. The van der Waals surface area contributed by atoms with E-state index in [0.717, 1.165) is 30.6 Å². The molecular weight excluding hydrogens is 354 g/mol. The van der Waals surface area contributed by atoms with Crippen LogP contribution in [0.15, 0.2) is 42.0 Å². The third kappa shape index (κ3) is 6.87. The van der Waals surface area contributed by atoms with Crippen molar-refractivity contribution in [1.29, 1.82) is 0 Å². The highest BCUT2D eigenvalue weighted by Crippen LogP contribution is 2.21. The number of carbonyl (C=O) groups excluding carboxylic acids is 2. The summed E-state index contributed by atoms with van der Waals surface area (Å²) in [7, 11) is 2.99. The van der Waals surface area contributed by atoms with Crippen LogP contribution in [0.3, 0.4) is 0 Å². The molecule has 0 aliphatic heterocycles. The molecule has 152 valence electrons. The van der Waals surface area contributed by atoms with E-state index in [0.29, 0.717) is 13.1 Å². The van der Waals surface area contributed by atoms with E-state index in [-0.39, 0.29) is 17.8 Å². The van der Waals surface area contributed by atoms with Crippen molar-refractivity contribution in [3.05, 3.63) is 47.6 Å². The van der Waals surface area contributed by atoms with Crippen molar-refractivity contribution < 1.29 is 19.1 Å². The van der Waals surface area contributed by atoms with Crippen molar-refractivity contribution in [2.75, 3.05) is 27.3 Å².